The van der Waals surface area contributed by atoms with Gasteiger partial charge in [-0.05, 0) is 86.7 Å². The molecule has 2 aromatic rings. The molecule has 0 fully saturated rings. The second kappa shape index (κ2) is 7.20. The van der Waals surface area contributed by atoms with Crippen molar-refractivity contribution in [3.05, 3.63) is 52.1 Å². The summed E-state index contributed by atoms with van der Waals surface area (Å²) in [6, 6.07) is 4.19. The molecule has 0 aliphatic carbocycles. The van der Waals surface area contributed by atoms with Crippen molar-refractivity contribution in [3.63, 3.8) is 0 Å². The third-order valence-electron chi connectivity index (χ3n) is 4.87. The lowest BCUT2D eigenvalue weighted by molar-refractivity contribution is 0.234. The van der Waals surface area contributed by atoms with Crippen molar-refractivity contribution in [2.24, 2.45) is 0 Å². The average Bonchev–Trinajstić information content (AvgIpc) is 2.58. The van der Waals surface area contributed by atoms with Crippen LogP contribution in [0.3, 0.4) is 0 Å². The fourth-order valence-electron chi connectivity index (χ4n) is 2.89. The van der Waals surface area contributed by atoms with E-state index >= 15 is 0 Å². The SMILES string of the molecule is Cc1c(C)c(C)c(S(=O)(=O)Nc2ccc(S(=O)(=O)C(F)F)cc2)c(C)c1C. The van der Waals surface area contributed by atoms with Crippen LogP contribution in [0, 0.1) is 34.6 Å². The number of rotatable bonds is 5. The Balaban J connectivity index is 2.47. The van der Waals surface area contributed by atoms with Crippen molar-refractivity contribution in [2.45, 2.75) is 50.2 Å². The molecular formula is C18H21F2NO4S2. The van der Waals surface area contributed by atoms with E-state index in [2.05, 4.69) is 4.72 Å². The molecule has 0 saturated heterocycles. The molecular weight excluding hydrogens is 396 g/mol. The van der Waals surface area contributed by atoms with Gasteiger partial charge in [-0.3, -0.25) is 4.72 Å². The molecule has 2 rings (SSSR count). The Kier molecular flexibility index (Phi) is 5.68. The van der Waals surface area contributed by atoms with Crippen molar-refractivity contribution in [1.29, 1.82) is 0 Å². The summed E-state index contributed by atoms with van der Waals surface area (Å²) in [5.41, 5.74) is 4.09. The maximum Gasteiger partial charge on any atom is 0.341 e. The fraction of sp³-hybridized carbons (Fsp3) is 0.333. The summed E-state index contributed by atoms with van der Waals surface area (Å²) >= 11 is 0. The van der Waals surface area contributed by atoms with Crippen LogP contribution in [0.1, 0.15) is 27.8 Å². The second-order valence-corrected chi connectivity index (χ2v) is 9.93. The van der Waals surface area contributed by atoms with Gasteiger partial charge in [-0.15, -0.1) is 0 Å². The fourth-order valence-corrected chi connectivity index (χ4v) is 5.27. The highest BCUT2D eigenvalue weighted by Gasteiger charge is 2.27. The van der Waals surface area contributed by atoms with E-state index in [0.717, 1.165) is 41.0 Å². The van der Waals surface area contributed by atoms with Crippen molar-refractivity contribution >= 4 is 25.5 Å². The molecule has 0 aromatic heterocycles. The lowest BCUT2D eigenvalue weighted by Gasteiger charge is -2.19. The van der Waals surface area contributed by atoms with E-state index in [1.54, 1.807) is 13.8 Å². The van der Waals surface area contributed by atoms with Crippen LogP contribution in [-0.2, 0) is 19.9 Å². The highest BCUT2D eigenvalue weighted by molar-refractivity contribution is 7.93. The van der Waals surface area contributed by atoms with Crippen LogP contribution in [0.15, 0.2) is 34.1 Å². The molecule has 0 atom stereocenters. The Morgan fingerprint density at radius 1 is 0.741 bits per heavy atom. The number of alkyl halides is 2. The molecule has 0 bridgehead atoms. The maximum absolute atomic E-state index is 12.9. The van der Waals surface area contributed by atoms with Gasteiger partial charge in [0.25, 0.3) is 10.0 Å². The van der Waals surface area contributed by atoms with Gasteiger partial charge in [0.15, 0.2) is 0 Å². The molecule has 0 heterocycles. The molecule has 0 amide bonds. The molecule has 0 unspecified atom stereocenters. The summed E-state index contributed by atoms with van der Waals surface area (Å²) in [7, 11) is -8.68. The summed E-state index contributed by atoms with van der Waals surface area (Å²) in [6.45, 7) is 9.07. The van der Waals surface area contributed by atoms with Crippen LogP contribution in [0.4, 0.5) is 14.5 Å². The number of sulfone groups is 1. The number of hydrogen-bond acceptors (Lipinski definition) is 4. The molecule has 1 N–H and O–H groups in total. The Morgan fingerprint density at radius 3 is 1.56 bits per heavy atom. The van der Waals surface area contributed by atoms with Gasteiger partial charge in [0.2, 0.25) is 9.84 Å². The van der Waals surface area contributed by atoms with E-state index in [1.165, 1.54) is 0 Å². The summed E-state index contributed by atoms with van der Waals surface area (Å²) in [6.07, 6.45) is 0. The van der Waals surface area contributed by atoms with Crippen molar-refractivity contribution in [2.75, 3.05) is 4.72 Å². The van der Waals surface area contributed by atoms with E-state index in [4.69, 9.17) is 0 Å². The predicted octanol–water partition coefficient (Wildman–Crippen LogP) is 4.03. The van der Waals surface area contributed by atoms with Crippen LogP contribution in [0.25, 0.3) is 0 Å². The minimum atomic E-state index is -4.73. The topological polar surface area (TPSA) is 80.3 Å². The smallest absolute Gasteiger partial charge is 0.280 e. The minimum Gasteiger partial charge on any atom is -0.280 e. The molecule has 0 saturated carbocycles. The third kappa shape index (κ3) is 3.84. The summed E-state index contributed by atoms with van der Waals surface area (Å²) in [5, 5.41) is 0. The van der Waals surface area contributed by atoms with E-state index in [1.807, 2.05) is 20.8 Å². The quantitative estimate of drug-likeness (QED) is 0.797. The van der Waals surface area contributed by atoms with Crippen LogP contribution in [0.2, 0.25) is 0 Å². The molecule has 148 valence electrons. The third-order valence-corrected chi connectivity index (χ3v) is 7.92. The summed E-state index contributed by atoms with van der Waals surface area (Å²) < 4.78 is 76.3. The highest BCUT2D eigenvalue weighted by atomic mass is 32.2. The first-order valence-electron chi connectivity index (χ1n) is 8.02. The van der Waals surface area contributed by atoms with Gasteiger partial charge < -0.3 is 0 Å². The largest absolute Gasteiger partial charge is 0.341 e. The van der Waals surface area contributed by atoms with Crippen LogP contribution >= 0.6 is 0 Å². The predicted molar refractivity (Wildman–Crippen MR) is 101 cm³/mol. The number of hydrogen-bond donors (Lipinski definition) is 1. The van der Waals surface area contributed by atoms with Gasteiger partial charge in [-0.1, -0.05) is 0 Å². The van der Waals surface area contributed by atoms with Gasteiger partial charge in [-0.2, -0.15) is 8.78 Å². The monoisotopic (exact) mass is 417 g/mol. The van der Waals surface area contributed by atoms with Gasteiger partial charge in [-0.25, -0.2) is 16.8 Å². The lowest BCUT2D eigenvalue weighted by Crippen LogP contribution is -2.18. The van der Waals surface area contributed by atoms with Crippen LogP contribution < -0.4 is 4.72 Å². The van der Waals surface area contributed by atoms with Gasteiger partial charge in [0, 0.05) is 5.69 Å². The van der Waals surface area contributed by atoms with Crippen LogP contribution in [-0.4, -0.2) is 22.6 Å². The molecule has 27 heavy (non-hydrogen) atoms. The standard InChI is InChI=1S/C18H21F2NO4S2/c1-10-11(2)13(4)17(14(5)12(10)3)27(24,25)21-15-6-8-16(9-7-15)26(22,23)18(19)20/h6-9,18,21H,1-5H3. The first kappa shape index (κ1) is 21.3. The van der Waals surface area contributed by atoms with E-state index in [9.17, 15) is 25.6 Å². The Bertz CT molecular complexity index is 1060. The lowest BCUT2D eigenvalue weighted by atomic mass is 9.95. The average molecular weight is 417 g/mol. The summed E-state index contributed by atoms with van der Waals surface area (Å²) in [5.74, 6) is -3.54. The number of halogens is 2. The number of sulfonamides is 1. The molecule has 0 radical (unpaired) electrons. The normalized spacial score (nSPS) is 12.4. The van der Waals surface area contributed by atoms with Crippen molar-refractivity contribution < 1.29 is 25.6 Å². The second-order valence-electron chi connectivity index (χ2n) is 6.39. The number of nitrogens with one attached hydrogen (secondary N) is 1. The van der Waals surface area contributed by atoms with Crippen molar-refractivity contribution in [1.82, 2.24) is 0 Å². The Labute approximate surface area is 158 Å². The molecule has 5 nitrogen and oxygen atoms in total. The first-order chi connectivity index (χ1) is 12.3. The zero-order valence-corrected chi connectivity index (χ0v) is 17.2. The van der Waals surface area contributed by atoms with Gasteiger partial charge >= 0.3 is 5.76 Å². The zero-order valence-electron chi connectivity index (χ0n) is 15.6. The molecule has 0 spiro atoms. The first-order valence-corrected chi connectivity index (χ1v) is 11.1. The van der Waals surface area contributed by atoms with Crippen LogP contribution in [0.5, 0.6) is 0 Å². The Hall–Kier alpha value is -2.00. The summed E-state index contributed by atoms with van der Waals surface area (Å²) in [4.78, 5) is -0.415. The number of anilines is 1. The molecule has 2 aromatic carbocycles. The minimum absolute atomic E-state index is 0.0814. The highest BCUT2D eigenvalue weighted by Crippen LogP contribution is 2.31. The maximum atomic E-state index is 12.9. The zero-order chi connectivity index (χ0) is 20.7. The van der Waals surface area contributed by atoms with E-state index < -0.39 is 30.5 Å². The van der Waals surface area contributed by atoms with Gasteiger partial charge in [0.1, 0.15) is 0 Å². The Morgan fingerprint density at radius 2 is 1.15 bits per heavy atom. The molecule has 0 aliphatic heterocycles. The van der Waals surface area contributed by atoms with E-state index in [-0.39, 0.29) is 10.6 Å². The molecule has 9 heteroatoms. The van der Waals surface area contributed by atoms with E-state index in [0.29, 0.717) is 11.1 Å². The molecule has 0 aliphatic rings. The van der Waals surface area contributed by atoms with Crippen molar-refractivity contribution in [3.8, 4) is 0 Å². The number of benzene rings is 2. The van der Waals surface area contributed by atoms with Gasteiger partial charge in [0.05, 0.1) is 9.79 Å².